The van der Waals surface area contributed by atoms with Gasteiger partial charge in [0.15, 0.2) is 0 Å². The molecule has 1 atom stereocenters. The zero-order chi connectivity index (χ0) is 13.2. The Morgan fingerprint density at radius 1 is 1.05 bits per heavy atom. The van der Waals surface area contributed by atoms with Crippen LogP contribution in [0.2, 0.25) is 5.02 Å². The van der Waals surface area contributed by atoms with E-state index in [9.17, 15) is 0 Å². The van der Waals surface area contributed by atoms with Crippen LogP contribution in [-0.4, -0.2) is 0 Å². The van der Waals surface area contributed by atoms with Crippen LogP contribution in [-0.2, 0) is 0 Å². The zero-order valence-corrected chi connectivity index (χ0v) is 11.5. The maximum atomic E-state index is 6.02. The third-order valence-electron chi connectivity index (χ3n) is 3.45. The van der Waals surface area contributed by atoms with Crippen molar-refractivity contribution in [2.75, 3.05) is 0 Å². The van der Waals surface area contributed by atoms with Gasteiger partial charge >= 0.3 is 0 Å². The van der Waals surface area contributed by atoms with Gasteiger partial charge in [-0.1, -0.05) is 48.9 Å². The first kappa shape index (κ1) is 12.3. The summed E-state index contributed by atoms with van der Waals surface area (Å²) >= 11 is 6.02. The molecule has 0 spiro atoms. The third kappa shape index (κ3) is 2.39. The fourth-order valence-corrected chi connectivity index (χ4v) is 2.67. The van der Waals surface area contributed by atoms with E-state index in [0.29, 0.717) is 5.92 Å². The van der Waals surface area contributed by atoms with Crippen LogP contribution < -0.4 is 0 Å². The van der Waals surface area contributed by atoms with Gasteiger partial charge in [0.25, 0.3) is 0 Å². The van der Waals surface area contributed by atoms with Gasteiger partial charge in [-0.25, -0.2) is 0 Å². The van der Waals surface area contributed by atoms with Crippen LogP contribution in [0.3, 0.4) is 0 Å². The van der Waals surface area contributed by atoms with Gasteiger partial charge in [0.1, 0.15) is 11.3 Å². The summed E-state index contributed by atoms with van der Waals surface area (Å²) < 4.78 is 5.97. The van der Waals surface area contributed by atoms with Gasteiger partial charge in [-0.15, -0.1) is 0 Å². The van der Waals surface area contributed by atoms with E-state index in [2.05, 4.69) is 37.3 Å². The molecule has 19 heavy (non-hydrogen) atoms. The first-order chi connectivity index (χ1) is 9.28. The minimum Gasteiger partial charge on any atom is -0.460 e. The molecule has 0 aliphatic heterocycles. The van der Waals surface area contributed by atoms with Crippen molar-refractivity contribution in [1.82, 2.24) is 0 Å². The van der Waals surface area contributed by atoms with Gasteiger partial charge in [-0.2, -0.15) is 0 Å². The van der Waals surface area contributed by atoms with Crippen LogP contribution in [0.15, 0.2) is 59.0 Å². The smallest absolute Gasteiger partial charge is 0.134 e. The molecule has 96 valence electrons. The van der Waals surface area contributed by atoms with E-state index >= 15 is 0 Å². The van der Waals surface area contributed by atoms with Crippen molar-refractivity contribution in [3.05, 3.63) is 70.9 Å². The number of hydrogen-bond acceptors (Lipinski definition) is 1. The Kier molecular flexibility index (Phi) is 3.31. The molecule has 3 aromatic rings. The molecule has 0 aliphatic rings. The number of fused-ring (bicyclic) bond motifs is 1. The minimum atomic E-state index is 0.298. The Balaban J connectivity index is 2.07. The quantitative estimate of drug-likeness (QED) is 0.601. The second kappa shape index (κ2) is 5.10. The van der Waals surface area contributed by atoms with Gasteiger partial charge in [0, 0.05) is 16.3 Å². The predicted molar refractivity (Wildman–Crippen MR) is 79.8 cm³/mol. The Hall–Kier alpha value is -1.73. The van der Waals surface area contributed by atoms with Crippen molar-refractivity contribution in [1.29, 1.82) is 0 Å². The second-order valence-corrected chi connectivity index (χ2v) is 5.14. The lowest BCUT2D eigenvalue weighted by Crippen LogP contribution is -1.97. The monoisotopic (exact) mass is 270 g/mol. The highest BCUT2D eigenvalue weighted by atomic mass is 35.5. The summed E-state index contributed by atoms with van der Waals surface area (Å²) in [7, 11) is 0. The predicted octanol–water partition coefficient (Wildman–Crippen LogP) is 5.63. The molecule has 0 saturated heterocycles. The highest BCUT2D eigenvalue weighted by Gasteiger charge is 2.16. The summed E-state index contributed by atoms with van der Waals surface area (Å²) in [6.45, 7) is 2.18. The van der Waals surface area contributed by atoms with Crippen molar-refractivity contribution in [2.45, 2.75) is 19.3 Å². The van der Waals surface area contributed by atoms with Crippen molar-refractivity contribution < 1.29 is 4.42 Å². The Morgan fingerprint density at radius 3 is 2.58 bits per heavy atom. The highest BCUT2D eigenvalue weighted by molar-refractivity contribution is 6.31. The summed E-state index contributed by atoms with van der Waals surface area (Å²) in [4.78, 5) is 0. The molecule has 2 heteroatoms. The lowest BCUT2D eigenvalue weighted by Gasteiger charge is -2.11. The standard InChI is InChI=1S/C17H15ClO/c1-2-15(12-6-4-3-5-7-12)17-11-13-10-14(18)8-9-16(13)19-17/h3-11,15H,2H2,1H3. The molecule has 2 aromatic carbocycles. The first-order valence-corrected chi connectivity index (χ1v) is 6.89. The van der Waals surface area contributed by atoms with Crippen LogP contribution in [0, 0.1) is 0 Å². The topological polar surface area (TPSA) is 13.1 Å². The van der Waals surface area contributed by atoms with Crippen molar-refractivity contribution >= 4 is 22.6 Å². The van der Waals surface area contributed by atoms with Gasteiger partial charge in [0.2, 0.25) is 0 Å². The highest BCUT2D eigenvalue weighted by Crippen LogP contribution is 2.33. The average molecular weight is 271 g/mol. The summed E-state index contributed by atoms with van der Waals surface area (Å²) in [5.74, 6) is 1.30. The van der Waals surface area contributed by atoms with Crippen LogP contribution >= 0.6 is 11.6 Å². The summed E-state index contributed by atoms with van der Waals surface area (Å²) in [6, 6.07) is 18.3. The molecular formula is C17H15ClO. The van der Waals surface area contributed by atoms with E-state index in [1.807, 2.05) is 24.3 Å². The molecule has 0 saturated carbocycles. The fourth-order valence-electron chi connectivity index (χ4n) is 2.49. The minimum absolute atomic E-state index is 0.298. The molecule has 0 aliphatic carbocycles. The lowest BCUT2D eigenvalue weighted by molar-refractivity contribution is 0.513. The summed E-state index contributed by atoms with van der Waals surface area (Å²) in [5, 5.41) is 1.81. The van der Waals surface area contributed by atoms with Gasteiger partial charge in [-0.3, -0.25) is 0 Å². The SMILES string of the molecule is CCC(c1ccccc1)c1cc2cc(Cl)ccc2o1. The van der Waals surface area contributed by atoms with E-state index < -0.39 is 0 Å². The van der Waals surface area contributed by atoms with Crippen molar-refractivity contribution in [2.24, 2.45) is 0 Å². The number of halogens is 1. The van der Waals surface area contributed by atoms with E-state index in [4.69, 9.17) is 16.0 Å². The summed E-state index contributed by atoms with van der Waals surface area (Å²) in [5.41, 5.74) is 2.18. The number of rotatable bonds is 3. The largest absolute Gasteiger partial charge is 0.460 e. The maximum absolute atomic E-state index is 6.02. The third-order valence-corrected chi connectivity index (χ3v) is 3.69. The molecule has 1 nitrogen and oxygen atoms in total. The molecule has 1 heterocycles. The van der Waals surface area contributed by atoms with Crippen LogP contribution in [0.5, 0.6) is 0 Å². The second-order valence-electron chi connectivity index (χ2n) is 4.70. The van der Waals surface area contributed by atoms with Crippen LogP contribution in [0.1, 0.15) is 30.6 Å². The Morgan fingerprint density at radius 2 is 1.84 bits per heavy atom. The van der Waals surface area contributed by atoms with E-state index in [1.54, 1.807) is 0 Å². The van der Waals surface area contributed by atoms with E-state index in [0.717, 1.165) is 28.2 Å². The molecule has 0 fully saturated rings. The number of benzene rings is 2. The fraction of sp³-hybridized carbons (Fsp3) is 0.176. The molecule has 0 amide bonds. The van der Waals surface area contributed by atoms with Gasteiger partial charge in [-0.05, 0) is 36.2 Å². The van der Waals surface area contributed by atoms with Crippen molar-refractivity contribution in [3.63, 3.8) is 0 Å². The molecule has 3 rings (SSSR count). The van der Waals surface area contributed by atoms with Gasteiger partial charge in [0.05, 0.1) is 0 Å². The van der Waals surface area contributed by atoms with Gasteiger partial charge < -0.3 is 4.42 Å². The van der Waals surface area contributed by atoms with Crippen LogP contribution in [0.4, 0.5) is 0 Å². The Bertz CT molecular complexity index is 685. The summed E-state index contributed by atoms with van der Waals surface area (Å²) in [6.07, 6.45) is 1.01. The molecule has 1 aromatic heterocycles. The maximum Gasteiger partial charge on any atom is 0.134 e. The molecular weight excluding hydrogens is 256 g/mol. The number of furan rings is 1. The van der Waals surface area contributed by atoms with Crippen LogP contribution in [0.25, 0.3) is 11.0 Å². The van der Waals surface area contributed by atoms with E-state index in [-0.39, 0.29) is 0 Å². The average Bonchev–Trinajstić information content (AvgIpc) is 2.83. The molecule has 0 radical (unpaired) electrons. The molecule has 1 unspecified atom stereocenters. The normalized spacial score (nSPS) is 12.7. The van der Waals surface area contributed by atoms with E-state index in [1.165, 1.54) is 5.56 Å². The zero-order valence-electron chi connectivity index (χ0n) is 10.8. The van der Waals surface area contributed by atoms with Crippen molar-refractivity contribution in [3.8, 4) is 0 Å². The first-order valence-electron chi connectivity index (χ1n) is 6.52. The Labute approximate surface area is 117 Å². The lowest BCUT2D eigenvalue weighted by atomic mass is 9.94. The number of hydrogen-bond donors (Lipinski definition) is 0. The molecule has 0 bridgehead atoms. The molecule has 0 N–H and O–H groups in total.